The van der Waals surface area contributed by atoms with Crippen LogP contribution in [0.3, 0.4) is 0 Å². The fourth-order valence-electron chi connectivity index (χ4n) is 4.07. The number of benzene rings is 4. The van der Waals surface area contributed by atoms with Crippen LogP contribution in [0.4, 0.5) is 0 Å². The van der Waals surface area contributed by atoms with Crippen LogP contribution in [0, 0.1) is 0 Å². The molecule has 0 aromatic heterocycles. The molecule has 0 bridgehead atoms. The Morgan fingerprint density at radius 1 is 0.625 bits per heavy atom. The molecule has 0 atom stereocenters. The fraction of sp³-hybridized carbons (Fsp3) is 0.214. The molecular formula is C28H26O3Si. The number of ketones is 2. The van der Waals surface area contributed by atoms with E-state index in [0.29, 0.717) is 22.3 Å². The van der Waals surface area contributed by atoms with Crippen LogP contribution in [0.1, 0.15) is 52.6 Å². The van der Waals surface area contributed by atoms with Gasteiger partial charge in [0.1, 0.15) is 5.75 Å². The van der Waals surface area contributed by atoms with E-state index in [0.717, 1.165) is 27.3 Å². The van der Waals surface area contributed by atoms with Gasteiger partial charge in [-0.1, -0.05) is 51.1 Å². The third-order valence-electron chi connectivity index (χ3n) is 6.99. The lowest BCUT2D eigenvalue weighted by atomic mass is 9.81. The third kappa shape index (κ3) is 3.18. The highest BCUT2D eigenvalue weighted by atomic mass is 28.4. The van der Waals surface area contributed by atoms with E-state index < -0.39 is 8.32 Å². The number of carbonyl (C=O) groups is 2. The summed E-state index contributed by atoms with van der Waals surface area (Å²) in [7, 11) is -1.98. The summed E-state index contributed by atoms with van der Waals surface area (Å²) in [4.78, 5) is 26.7. The Kier molecular flexibility index (Phi) is 4.44. The van der Waals surface area contributed by atoms with Crippen LogP contribution >= 0.6 is 0 Å². The molecule has 3 nitrogen and oxygen atoms in total. The first kappa shape index (κ1) is 20.6. The average Bonchev–Trinajstić information content (AvgIpc) is 2.74. The maximum atomic E-state index is 13.4. The number of hydrogen-bond acceptors (Lipinski definition) is 3. The zero-order valence-electron chi connectivity index (χ0n) is 19.1. The van der Waals surface area contributed by atoms with Gasteiger partial charge in [-0.15, -0.1) is 0 Å². The number of hydrogen-bond donors (Lipinski definition) is 0. The molecule has 0 fully saturated rings. The molecule has 4 aromatic carbocycles. The second kappa shape index (κ2) is 6.88. The van der Waals surface area contributed by atoms with Crippen LogP contribution in [-0.2, 0) is 0 Å². The van der Waals surface area contributed by atoms with E-state index in [9.17, 15) is 9.59 Å². The molecule has 1 aliphatic carbocycles. The van der Waals surface area contributed by atoms with E-state index in [2.05, 4.69) is 33.9 Å². The molecule has 0 N–H and O–H groups in total. The molecule has 4 heteroatoms. The first-order valence-corrected chi connectivity index (χ1v) is 13.8. The van der Waals surface area contributed by atoms with Gasteiger partial charge < -0.3 is 4.43 Å². The monoisotopic (exact) mass is 438 g/mol. The maximum absolute atomic E-state index is 13.4. The molecule has 32 heavy (non-hydrogen) atoms. The Balaban J connectivity index is 1.62. The van der Waals surface area contributed by atoms with Gasteiger partial charge in [0, 0.05) is 22.3 Å². The summed E-state index contributed by atoms with van der Waals surface area (Å²) in [6, 6.07) is 21.1. The van der Waals surface area contributed by atoms with Gasteiger partial charge in [0.2, 0.25) is 8.32 Å². The quantitative estimate of drug-likeness (QED) is 0.275. The highest BCUT2D eigenvalue weighted by molar-refractivity contribution is 6.74. The molecule has 1 aliphatic rings. The molecule has 0 unspecified atom stereocenters. The Hall–Kier alpha value is -3.24. The molecule has 4 aromatic rings. The predicted molar refractivity (Wildman–Crippen MR) is 133 cm³/mol. The van der Waals surface area contributed by atoms with Crippen molar-refractivity contribution in [3.63, 3.8) is 0 Å². The van der Waals surface area contributed by atoms with Crippen LogP contribution in [-0.4, -0.2) is 19.9 Å². The Bertz CT molecular complexity index is 1440. The smallest absolute Gasteiger partial charge is 0.250 e. The van der Waals surface area contributed by atoms with Crippen LogP contribution in [0.15, 0.2) is 66.7 Å². The van der Waals surface area contributed by atoms with Crippen molar-refractivity contribution in [3.05, 3.63) is 89.0 Å². The third-order valence-corrected chi connectivity index (χ3v) is 11.4. The van der Waals surface area contributed by atoms with Crippen molar-refractivity contribution in [1.29, 1.82) is 0 Å². The van der Waals surface area contributed by atoms with Gasteiger partial charge in [-0.2, -0.15) is 0 Å². The second-order valence-corrected chi connectivity index (χ2v) is 14.9. The topological polar surface area (TPSA) is 43.4 Å². The van der Waals surface area contributed by atoms with Crippen LogP contribution in [0.25, 0.3) is 21.5 Å². The summed E-state index contributed by atoms with van der Waals surface area (Å²) < 4.78 is 6.46. The zero-order chi connectivity index (χ0) is 22.8. The van der Waals surface area contributed by atoms with E-state index in [1.165, 1.54) is 0 Å². The maximum Gasteiger partial charge on any atom is 0.250 e. The normalized spacial score (nSPS) is 13.9. The number of carbonyl (C=O) groups excluding carboxylic acids is 2. The van der Waals surface area contributed by atoms with Crippen molar-refractivity contribution in [2.45, 2.75) is 38.9 Å². The molecule has 0 saturated heterocycles. The van der Waals surface area contributed by atoms with Gasteiger partial charge in [0.25, 0.3) is 0 Å². The lowest BCUT2D eigenvalue weighted by molar-refractivity contribution is 0.0979. The van der Waals surface area contributed by atoms with E-state index in [1.54, 1.807) is 0 Å². The molecule has 0 amide bonds. The summed E-state index contributed by atoms with van der Waals surface area (Å²) >= 11 is 0. The highest BCUT2D eigenvalue weighted by Crippen LogP contribution is 2.39. The Morgan fingerprint density at radius 3 is 1.53 bits per heavy atom. The van der Waals surface area contributed by atoms with E-state index >= 15 is 0 Å². The molecule has 160 valence electrons. The number of fused-ring (bicyclic) bond motifs is 4. The molecule has 0 saturated carbocycles. The largest absolute Gasteiger partial charge is 0.543 e. The summed E-state index contributed by atoms with van der Waals surface area (Å²) in [5.74, 6) is 0.617. The minimum atomic E-state index is -1.98. The van der Waals surface area contributed by atoms with Crippen molar-refractivity contribution in [3.8, 4) is 5.75 Å². The van der Waals surface area contributed by atoms with Crippen molar-refractivity contribution in [1.82, 2.24) is 0 Å². The summed E-state index contributed by atoms with van der Waals surface area (Å²) in [6.07, 6.45) is 0. The Labute approximate surface area is 189 Å². The van der Waals surface area contributed by atoms with Crippen LogP contribution in [0.2, 0.25) is 18.1 Å². The zero-order valence-corrected chi connectivity index (χ0v) is 20.1. The van der Waals surface area contributed by atoms with Crippen molar-refractivity contribution in [2.24, 2.45) is 0 Å². The lowest BCUT2D eigenvalue weighted by Gasteiger charge is -2.36. The average molecular weight is 439 g/mol. The highest BCUT2D eigenvalue weighted by Gasteiger charge is 2.39. The summed E-state index contributed by atoms with van der Waals surface area (Å²) in [6.45, 7) is 11.1. The van der Waals surface area contributed by atoms with Gasteiger partial charge in [-0.25, -0.2) is 0 Å². The summed E-state index contributed by atoms with van der Waals surface area (Å²) in [5, 5.41) is 3.85. The first-order chi connectivity index (χ1) is 15.0. The van der Waals surface area contributed by atoms with Gasteiger partial charge in [-0.05, 0) is 76.1 Å². The van der Waals surface area contributed by atoms with E-state index in [1.807, 2.05) is 66.7 Å². The molecular weight excluding hydrogens is 412 g/mol. The summed E-state index contributed by atoms with van der Waals surface area (Å²) in [5.41, 5.74) is 1.91. The Morgan fingerprint density at radius 2 is 1.06 bits per heavy atom. The fourth-order valence-corrected chi connectivity index (χ4v) is 5.09. The van der Waals surface area contributed by atoms with E-state index in [4.69, 9.17) is 4.43 Å². The van der Waals surface area contributed by atoms with Crippen LogP contribution < -0.4 is 4.43 Å². The predicted octanol–water partition coefficient (Wildman–Crippen LogP) is 7.15. The van der Waals surface area contributed by atoms with Gasteiger partial charge in [-0.3, -0.25) is 9.59 Å². The van der Waals surface area contributed by atoms with Crippen molar-refractivity contribution in [2.75, 3.05) is 0 Å². The second-order valence-electron chi connectivity index (χ2n) is 10.2. The first-order valence-electron chi connectivity index (χ1n) is 10.9. The van der Waals surface area contributed by atoms with Crippen LogP contribution in [0.5, 0.6) is 5.75 Å². The number of rotatable bonds is 2. The SMILES string of the molecule is CC(C)(C)[Si](C)(C)Oc1ccc2cc3c(cc2c1)C(=O)c1cc2ccccc2cc1C3=O. The molecule has 0 aliphatic heterocycles. The minimum Gasteiger partial charge on any atom is -0.543 e. The molecule has 0 spiro atoms. The van der Waals surface area contributed by atoms with Gasteiger partial charge in [0.05, 0.1) is 0 Å². The molecule has 0 heterocycles. The van der Waals surface area contributed by atoms with Crippen molar-refractivity contribution >= 4 is 41.4 Å². The van der Waals surface area contributed by atoms with Crippen molar-refractivity contribution < 1.29 is 14.0 Å². The lowest BCUT2D eigenvalue weighted by Crippen LogP contribution is -2.43. The van der Waals surface area contributed by atoms with E-state index in [-0.39, 0.29) is 16.6 Å². The molecule has 5 rings (SSSR count). The van der Waals surface area contributed by atoms with Gasteiger partial charge >= 0.3 is 0 Å². The standard InChI is InChI=1S/C28H26O3Si/c1-28(2,3)32(4,5)31-21-11-10-19-15-24-25(16-20(19)12-21)27(30)23-14-18-9-7-6-8-17(18)13-22(23)26(24)29/h6-16H,1-5H3. The van der Waals surface area contributed by atoms with Gasteiger partial charge in [0.15, 0.2) is 11.6 Å². The molecule has 0 radical (unpaired) electrons. The minimum absolute atomic E-state index is 0.0900.